The van der Waals surface area contributed by atoms with Gasteiger partial charge in [0.1, 0.15) is 17.3 Å². The minimum absolute atomic E-state index is 0.224. The largest absolute Gasteiger partial charge is 0.465 e. The van der Waals surface area contributed by atoms with Crippen molar-refractivity contribution in [3.05, 3.63) is 24.2 Å². The highest BCUT2D eigenvalue weighted by molar-refractivity contribution is 5.79. The highest BCUT2D eigenvalue weighted by Gasteiger charge is 2.25. The third-order valence-corrected chi connectivity index (χ3v) is 2.95. The Morgan fingerprint density at radius 1 is 1.50 bits per heavy atom. The van der Waals surface area contributed by atoms with Crippen molar-refractivity contribution in [3.8, 4) is 0 Å². The Balaban J connectivity index is 2.45. The highest BCUT2D eigenvalue weighted by Crippen LogP contribution is 2.23. The first kappa shape index (κ1) is 12.5. The number of aryl methyl sites for hydroxylation is 1. The predicted octanol–water partition coefficient (Wildman–Crippen LogP) is 2.02. The SMILES string of the molecule is CCOC(=O)C(CC)c1nc2cccnc2n1C. The van der Waals surface area contributed by atoms with E-state index in [0.717, 1.165) is 11.2 Å². The molecule has 0 saturated heterocycles. The summed E-state index contributed by atoms with van der Waals surface area (Å²) in [6.45, 7) is 4.15. The van der Waals surface area contributed by atoms with E-state index < -0.39 is 0 Å². The molecule has 1 unspecified atom stereocenters. The molecule has 2 rings (SSSR count). The molecular formula is C13H17N3O2. The molecule has 2 aromatic rings. The summed E-state index contributed by atoms with van der Waals surface area (Å²) in [6, 6.07) is 3.73. The van der Waals surface area contributed by atoms with Crippen molar-refractivity contribution in [2.45, 2.75) is 26.2 Å². The number of fused-ring (bicyclic) bond motifs is 1. The van der Waals surface area contributed by atoms with Gasteiger partial charge in [-0.05, 0) is 25.5 Å². The van der Waals surface area contributed by atoms with Gasteiger partial charge in [0.05, 0.1) is 6.61 Å². The zero-order valence-electron chi connectivity index (χ0n) is 10.9. The molecule has 0 aromatic carbocycles. The predicted molar refractivity (Wildman–Crippen MR) is 68.2 cm³/mol. The second kappa shape index (κ2) is 5.16. The first-order valence-electron chi connectivity index (χ1n) is 6.13. The standard InChI is InChI=1S/C13H17N3O2/c1-4-9(13(17)18-5-2)11-15-10-7-6-8-14-12(10)16(11)3/h6-9H,4-5H2,1-3H3. The van der Waals surface area contributed by atoms with E-state index >= 15 is 0 Å². The first-order chi connectivity index (χ1) is 8.69. The van der Waals surface area contributed by atoms with Gasteiger partial charge in [-0.15, -0.1) is 0 Å². The molecule has 1 atom stereocenters. The number of esters is 1. The third-order valence-electron chi connectivity index (χ3n) is 2.95. The lowest BCUT2D eigenvalue weighted by Gasteiger charge is -2.12. The van der Waals surface area contributed by atoms with Gasteiger partial charge in [-0.1, -0.05) is 6.92 Å². The van der Waals surface area contributed by atoms with E-state index in [-0.39, 0.29) is 11.9 Å². The lowest BCUT2D eigenvalue weighted by atomic mass is 10.1. The van der Waals surface area contributed by atoms with Crippen molar-refractivity contribution in [1.29, 1.82) is 0 Å². The monoisotopic (exact) mass is 247 g/mol. The molecule has 0 bridgehead atoms. The first-order valence-corrected chi connectivity index (χ1v) is 6.13. The second-order valence-corrected chi connectivity index (χ2v) is 4.09. The molecule has 0 aliphatic rings. The Hall–Kier alpha value is -1.91. The van der Waals surface area contributed by atoms with Gasteiger partial charge in [-0.2, -0.15) is 0 Å². The number of ether oxygens (including phenoxy) is 1. The van der Waals surface area contributed by atoms with Crippen LogP contribution in [0, 0.1) is 0 Å². The summed E-state index contributed by atoms with van der Waals surface area (Å²) in [5, 5.41) is 0. The molecule has 0 spiro atoms. The van der Waals surface area contributed by atoms with Crippen LogP contribution in [0.15, 0.2) is 18.3 Å². The number of rotatable bonds is 4. The van der Waals surface area contributed by atoms with Crippen molar-refractivity contribution < 1.29 is 9.53 Å². The number of carbonyl (C=O) groups is 1. The molecule has 0 N–H and O–H groups in total. The molecule has 0 aliphatic carbocycles. The number of aromatic nitrogens is 3. The van der Waals surface area contributed by atoms with Crippen molar-refractivity contribution >= 4 is 17.1 Å². The number of nitrogens with zero attached hydrogens (tertiary/aromatic N) is 3. The molecule has 96 valence electrons. The maximum absolute atomic E-state index is 11.9. The minimum Gasteiger partial charge on any atom is -0.465 e. The Morgan fingerprint density at radius 2 is 2.28 bits per heavy atom. The fourth-order valence-corrected chi connectivity index (χ4v) is 2.05. The van der Waals surface area contributed by atoms with E-state index in [2.05, 4.69) is 9.97 Å². The van der Waals surface area contributed by atoms with Crippen LogP contribution in [0.5, 0.6) is 0 Å². The van der Waals surface area contributed by atoms with E-state index in [1.54, 1.807) is 13.1 Å². The van der Waals surface area contributed by atoms with Gasteiger partial charge in [0.15, 0.2) is 5.65 Å². The number of imidazole rings is 1. The molecule has 5 nitrogen and oxygen atoms in total. The van der Waals surface area contributed by atoms with E-state index in [0.29, 0.717) is 18.9 Å². The average Bonchev–Trinajstić information content (AvgIpc) is 2.69. The molecule has 0 amide bonds. The van der Waals surface area contributed by atoms with E-state index in [1.165, 1.54) is 0 Å². The smallest absolute Gasteiger partial charge is 0.316 e. The fraction of sp³-hybridized carbons (Fsp3) is 0.462. The van der Waals surface area contributed by atoms with Gasteiger partial charge < -0.3 is 9.30 Å². The Labute approximate surface area is 106 Å². The van der Waals surface area contributed by atoms with E-state index in [9.17, 15) is 4.79 Å². The van der Waals surface area contributed by atoms with Crippen molar-refractivity contribution in [1.82, 2.24) is 14.5 Å². The summed E-state index contributed by atoms with van der Waals surface area (Å²) in [6.07, 6.45) is 2.38. The molecule has 0 aliphatic heterocycles. The van der Waals surface area contributed by atoms with E-state index in [1.807, 2.05) is 30.7 Å². The zero-order chi connectivity index (χ0) is 13.1. The maximum atomic E-state index is 11.9. The van der Waals surface area contributed by atoms with Crippen LogP contribution in [-0.4, -0.2) is 27.1 Å². The summed E-state index contributed by atoms with van der Waals surface area (Å²) >= 11 is 0. The molecule has 0 fully saturated rings. The fourth-order valence-electron chi connectivity index (χ4n) is 2.05. The van der Waals surface area contributed by atoms with Crippen LogP contribution in [0.3, 0.4) is 0 Å². The summed E-state index contributed by atoms with van der Waals surface area (Å²) in [5.74, 6) is 0.159. The van der Waals surface area contributed by atoms with Crippen LogP contribution < -0.4 is 0 Å². The molecule has 2 aromatic heterocycles. The van der Waals surface area contributed by atoms with Gasteiger partial charge in [-0.25, -0.2) is 9.97 Å². The average molecular weight is 247 g/mol. The lowest BCUT2D eigenvalue weighted by molar-refractivity contribution is -0.145. The van der Waals surface area contributed by atoms with Crippen LogP contribution in [-0.2, 0) is 16.6 Å². The minimum atomic E-state index is -0.329. The van der Waals surface area contributed by atoms with Gasteiger partial charge in [0, 0.05) is 13.2 Å². The summed E-state index contributed by atoms with van der Waals surface area (Å²) in [7, 11) is 1.87. The topological polar surface area (TPSA) is 57.0 Å². The Kier molecular flexibility index (Phi) is 3.60. The molecule has 5 heteroatoms. The van der Waals surface area contributed by atoms with Gasteiger partial charge in [0.25, 0.3) is 0 Å². The quantitative estimate of drug-likeness (QED) is 0.776. The molecule has 0 radical (unpaired) electrons. The van der Waals surface area contributed by atoms with Gasteiger partial charge in [0.2, 0.25) is 0 Å². The normalized spacial score (nSPS) is 12.6. The highest BCUT2D eigenvalue weighted by atomic mass is 16.5. The number of hydrogen-bond donors (Lipinski definition) is 0. The van der Waals surface area contributed by atoms with Crippen LogP contribution >= 0.6 is 0 Å². The van der Waals surface area contributed by atoms with Crippen LogP contribution in [0.1, 0.15) is 32.0 Å². The maximum Gasteiger partial charge on any atom is 0.316 e. The van der Waals surface area contributed by atoms with Gasteiger partial charge in [-0.3, -0.25) is 4.79 Å². The van der Waals surface area contributed by atoms with Crippen LogP contribution in [0.25, 0.3) is 11.2 Å². The van der Waals surface area contributed by atoms with Crippen molar-refractivity contribution in [2.24, 2.45) is 7.05 Å². The molecule has 0 saturated carbocycles. The Morgan fingerprint density at radius 3 is 2.89 bits per heavy atom. The van der Waals surface area contributed by atoms with Gasteiger partial charge >= 0.3 is 5.97 Å². The second-order valence-electron chi connectivity index (χ2n) is 4.09. The van der Waals surface area contributed by atoms with Crippen molar-refractivity contribution in [3.63, 3.8) is 0 Å². The molecule has 2 heterocycles. The molecule has 18 heavy (non-hydrogen) atoms. The molecular weight excluding hydrogens is 230 g/mol. The van der Waals surface area contributed by atoms with Crippen LogP contribution in [0.2, 0.25) is 0 Å². The van der Waals surface area contributed by atoms with Crippen LogP contribution in [0.4, 0.5) is 0 Å². The summed E-state index contributed by atoms with van der Waals surface area (Å²) in [4.78, 5) is 20.7. The number of pyridine rings is 1. The van der Waals surface area contributed by atoms with E-state index in [4.69, 9.17) is 4.74 Å². The lowest BCUT2D eigenvalue weighted by Crippen LogP contribution is -2.18. The number of carbonyl (C=O) groups excluding carboxylic acids is 1. The zero-order valence-corrected chi connectivity index (χ0v) is 10.9. The Bertz CT molecular complexity index is 562. The third kappa shape index (κ3) is 2.08. The number of hydrogen-bond acceptors (Lipinski definition) is 4. The summed E-state index contributed by atoms with van der Waals surface area (Å²) in [5.41, 5.74) is 1.59. The summed E-state index contributed by atoms with van der Waals surface area (Å²) < 4.78 is 6.95. The van der Waals surface area contributed by atoms with Crippen molar-refractivity contribution in [2.75, 3.05) is 6.61 Å².